The summed E-state index contributed by atoms with van der Waals surface area (Å²) in [5.41, 5.74) is 2.89. The van der Waals surface area contributed by atoms with Gasteiger partial charge in [0.1, 0.15) is 0 Å². The quantitative estimate of drug-likeness (QED) is 0.792. The Balaban J connectivity index is 2.43. The molecule has 90 valence electrons. The molecule has 0 radical (unpaired) electrons. The van der Waals surface area contributed by atoms with Crippen molar-refractivity contribution in [3.05, 3.63) is 29.3 Å². The fourth-order valence-electron chi connectivity index (χ4n) is 1.96. The maximum Gasteiger partial charge on any atom is 0.308 e. The number of aliphatic hydroxyl groups excluding tert-OH is 1. The van der Waals surface area contributed by atoms with E-state index in [0.29, 0.717) is 0 Å². The highest BCUT2D eigenvalue weighted by atomic mass is 16.7. The van der Waals surface area contributed by atoms with Crippen LogP contribution in [0, 0.1) is 13.8 Å². The number of hydrogen-bond donors (Lipinski definition) is 1. The molecule has 1 aliphatic heterocycles. The number of aryl methyl sites for hydroxylation is 2. The largest absolute Gasteiger partial charge is 0.351 e. The normalized spacial score (nSPS) is 23.2. The van der Waals surface area contributed by atoms with Crippen LogP contribution in [-0.4, -0.2) is 27.9 Å². The molecule has 1 heterocycles. The number of benzene rings is 1. The molecular formula is C12H15N2O3+. The van der Waals surface area contributed by atoms with Crippen LogP contribution in [0.4, 0.5) is 5.69 Å². The summed E-state index contributed by atoms with van der Waals surface area (Å²) in [7, 11) is 0. The van der Waals surface area contributed by atoms with Crippen molar-refractivity contribution >= 4 is 11.5 Å². The van der Waals surface area contributed by atoms with Gasteiger partial charge in [0.25, 0.3) is 0 Å². The minimum Gasteiger partial charge on any atom is -0.351 e. The van der Waals surface area contributed by atoms with Crippen LogP contribution in [0.3, 0.4) is 0 Å². The first-order chi connectivity index (χ1) is 8.00. The molecule has 0 amide bonds. The molecule has 2 atom stereocenters. The first-order valence-corrected chi connectivity index (χ1v) is 5.42. The van der Waals surface area contributed by atoms with Crippen LogP contribution in [0.2, 0.25) is 0 Å². The van der Waals surface area contributed by atoms with Gasteiger partial charge in [0.05, 0.1) is 0 Å². The number of nitrogens with zero attached hydrogens (tertiary/aromatic N) is 2. The van der Waals surface area contributed by atoms with E-state index >= 15 is 0 Å². The first kappa shape index (κ1) is 11.7. The summed E-state index contributed by atoms with van der Waals surface area (Å²) in [6.45, 7) is 5.33. The van der Waals surface area contributed by atoms with Gasteiger partial charge in [-0.1, -0.05) is 11.6 Å². The molecule has 1 aromatic carbocycles. The van der Waals surface area contributed by atoms with E-state index in [1.54, 1.807) is 0 Å². The topological polar surface area (TPSA) is 61.9 Å². The third-order valence-corrected chi connectivity index (χ3v) is 2.79. The molecule has 0 bridgehead atoms. The Hall–Kier alpha value is -1.75. The smallest absolute Gasteiger partial charge is 0.308 e. The second kappa shape index (κ2) is 4.25. The minimum atomic E-state index is -1.20. The molecule has 1 aliphatic rings. The van der Waals surface area contributed by atoms with Gasteiger partial charge in [-0.05, 0) is 24.6 Å². The summed E-state index contributed by atoms with van der Waals surface area (Å²) >= 11 is 0. The number of carbonyl (C=O) groups is 1. The average molecular weight is 235 g/mol. The highest BCUT2D eigenvalue weighted by molar-refractivity contribution is 5.81. The van der Waals surface area contributed by atoms with Crippen LogP contribution in [0.5, 0.6) is 0 Å². The van der Waals surface area contributed by atoms with Crippen molar-refractivity contribution in [2.45, 2.75) is 33.1 Å². The fraction of sp³-hybridized carbons (Fsp3) is 0.417. The first-order valence-electron chi connectivity index (χ1n) is 5.42. The summed E-state index contributed by atoms with van der Waals surface area (Å²) in [4.78, 5) is 16.2. The molecule has 0 saturated heterocycles. The van der Waals surface area contributed by atoms with E-state index in [2.05, 4.69) is 5.28 Å². The average Bonchev–Trinajstić information content (AvgIpc) is 2.60. The van der Waals surface area contributed by atoms with Crippen molar-refractivity contribution in [2.24, 2.45) is 5.28 Å². The maximum absolute atomic E-state index is 11.5. The molecule has 17 heavy (non-hydrogen) atoms. The van der Waals surface area contributed by atoms with Gasteiger partial charge in [-0.2, -0.15) is 0 Å². The Kier molecular flexibility index (Phi) is 2.93. The molecular weight excluding hydrogens is 220 g/mol. The van der Waals surface area contributed by atoms with Gasteiger partial charge in [-0.15, -0.1) is 0 Å². The molecule has 0 saturated carbocycles. The number of hydrogen-bond acceptors (Lipinski definition) is 4. The minimum absolute atomic E-state index is 0.182. The lowest BCUT2D eigenvalue weighted by Crippen LogP contribution is -2.36. The zero-order valence-corrected chi connectivity index (χ0v) is 10.0. The van der Waals surface area contributed by atoms with E-state index in [4.69, 9.17) is 4.84 Å². The third-order valence-electron chi connectivity index (χ3n) is 2.79. The number of Topliss-reactive ketones (excluding diaryl/α,β-unsaturated/α-hetero) is 1. The van der Waals surface area contributed by atoms with Gasteiger partial charge < -0.3 is 9.94 Å². The van der Waals surface area contributed by atoms with Gasteiger partial charge in [-0.25, -0.2) is 0 Å². The van der Waals surface area contributed by atoms with Crippen LogP contribution in [0.15, 0.2) is 23.5 Å². The van der Waals surface area contributed by atoms with Crippen LogP contribution in [-0.2, 0) is 9.63 Å². The van der Waals surface area contributed by atoms with Gasteiger partial charge in [0.2, 0.25) is 11.5 Å². The number of rotatable bonds is 2. The Morgan fingerprint density at radius 3 is 2.76 bits per heavy atom. The van der Waals surface area contributed by atoms with Crippen molar-refractivity contribution in [1.29, 1.82) is 0 Å². The van der Waals surface area contributed by atoms with Crippen molar-refractivity contribution in [3.8, 4) is 0 Å². The lowest BCUT2D eigenvalue weighted by Gasteiger charge is -2.06. The number of carbonyl (C=O) groups excluding carboxylic acids is 1. The van der Waals surface area contributed by atoms with Crippen molar-refractivity contribution < 1.29 is 19.4 Å². The van der Waals surface area contributed by atoms with Gasteiger partial charge in [0, 0.05) is 18.6 Å². The lowest BCUT2D eigenvalue weighted by atomic mass is 10.1. The summed E-state index contributed by atoms with van der Waals surface area (Å²) in [6.07, 6.45) is -1.20. The van der Waals surface area contributed by atoms with Gasteiger partial charge in [-0.3, -0.25) is 4.79 Å². The highest BCUT2D eigenvalue weighted by Crippen LogP contribution is 2.26. The Labute approximate surface area is 99.3 Å². The molecule has 0 fully saturated rings. The number of aliphatic hydroxyl groups is 1. The SMILES string of the molecule is CC(=O)C1C(O)ON=[N+]1c1ccc(C)cc1C. The molecule has 2 unspecified atom stereocenters. The monoisotopic (exact) mass is 235 g/mol. The summed E-state index contributed by atoms with van der Waals surface area (Å²) < 4.78 is 1.43. The van der Waals surface area contributed by atoms with Gasteiger partial charge in [0.15, 0.2) is 5.28 Å². The molecule has 2 rings (SSSR count). The lowest BCUT2D eigenvalue weighted by molar-refractivity contribution is -0.533. The van der Waals surface area contributed by atoms with E-state index in [1.165, 1.54) is 11.6 Å². The van der Waals surface area contributed by atoms with E-state index in [0.717, 1.165) is 16.8 Å². The predicted octanol–water partition coefficient (Wildman–Crippen LogP) is 1.62. The molecule has 0 aliphatic carbocycles. The predicted molar refractivity (Wildman–Crippen MR) is 59.8 cm³/mol. The van der Waals surface area contributed by atoms with E-state index < -0.39 is 12.3 Å². The summed E-state index contributed by atoms with van der Waals surface area (Å²) in [5, 5.41) is 13.3. The molecule has 5 heteroatoms. The Morgan fingerprint density at radius 1 is 1.47 bits per heavy atom. The maximum atomic E-state index is 11.5. The van der Waals surface area contributed by atoms with E-state index in [-0.39, 0.29) is 5.78 Å². The Morgan fingerprint density at radius 2 is 2.18 bits per heavy atom. The second-order valence-corrected chi connectivity index (χ2v) is 4.27. The van der Waals surface area contributed by atoms with E-state index in [1.807, 2.05) is 32.0 Å². The fourth-order valence-corrected chi connectivity index (χ4v) is 1.96. The third kappa shape index (κ3) is 2.06. The summed E-state index contributed by atoms with van der Waals surface area (Å²) in [5.74, 6) is -0.182. The zero-order chi connectivity index (χ0) is 12.6. The molecule has 0 aromatic heterocycles. The van der Waals surface area contributed by atoms with Crippen LogP contribution in [0.25, 0.3) is 0 Å². The van der Waals surface area contributed by atoms with Crippen LogP contribution < -0.4 is 0 Å². The molecule has 1 N–H and O–H groups in total. The van der Waals surface area contributed by atoms with Crippen molar-refractivity contribution in [2.75, 3.05) is 0 Å². The van der Waals surface area contributed by atoms with Crippen molar-refractivity contribution in [3.63, 3.8) is 0 Å². The zero-order valence-electron chi connectivity index (χ0n) is 10.0. The van der Waals surface area contributed by atoms with Crippen LogP contribution >= 0.6 is 0 Å². The molecule has 5 nitrogen and oxygen atoms in total. The van der Waals surface area contributed by atoms with Crippen LogP contribution in [0.1, 0.15) is 18.1 Å². The standard InChI is InChI=1S/C12H15N2O3/c1-7-4-5-10(8(2)6-7)14-11(9(3)15)12(16)17-13-14/h4-6,11-12,16H,1-3H3/q+1. The van der Waals surface area contributed by atoms with Gasteiger partial charge >= 0.3 is 12.3 Å². The highest BCUT2D eigenvalue weighted by Gasteiger charge is 2.45. The van der Waals surface area contributed by atoms with Crippen molar-refractivity contribution in [1.82, 2.24) is 0 Å². The van der Waals surface area contributed by atoms with E-state index in [9.17, 15) is 9.90 Å². The molecule has 0 spiro atoms. The molecule has 1 aromatic rings. The Bertz CT molecular complexity index is 497. The second-order valence-electron chi connectivity index (χ2n) is 4.27. The summed E-state index contributed by atoms with van der Waals surface area (Å²) in [6, 6.07) is 5.02. The number of ketones is 1.